The second-order valence-corrected chi connectivity index (χ2v) is 5.57. The van der Waals surface area contributed by atoms with Crippen LogP contribution >= 0.6 is 0 Å². The molecule has 0 spiro atoms. The van der Waals surface area contributed by atoms with Crippen LogP contribution in [0.3, 0.4) is 0 Å². The molecule has 0 atom stereocenters. The van der Waals surface area contributed by atoms with Gasteiger partial charge in [-0.2, -0.15) is 0 Å². The average molecular weight is 316 g/mol. The SMILES string of the molecule is Cc1cc(C(=O)Nc2ccc(N(C)CCO)cc2)cc(C)c1F. The van der Waals surface area contributed by atoms with Crippen molar-refractivity contribution in [1.29, 1.82) is 0 Å². The third-order valence-corrected chi connectivity index (χ3v) is 3.70. The van der Waals surface area contributed by atoms with Gasteiger partial charge in [-0.1, -0.05) is 0 Å². The number of anilines is 2. The summed E-state index contributed by atoms with van der Waals surface area (Å²) in [6.45, 7) is 3.91. The Balaban J connectivity index is 2.11. The maximum atomic E-state index is 13.6. The first-order chi connectivity index (χ1) is 10.9. The highest BCUT2D eigenvalue weighted by atomic mass is 19.1. The molecule has 4 nitrogen and oxygen atoms in total. The Bertz CT molecular complexity index is 676. The van der Waals surface area contributed by atoms with Gasteiger partial charge in [0.15, 0.2) is 0 Å². The van der Waals surface area contributed by atoms with E-state index in [2.05, 4.69) is 5.32 Å². The van der Waals surface area contributed by atoms with Crippen LogP contribution in [-0.2, 0) is 0 Å². The maximum Gasteiger partial charge on any atom is 0.255 e. The number of hydrogen-bond donors (Lipinski definition) is 2. The molecule has 0 saturated carbocycles. The molecule has 2 N–H and O–H groups in total. The molecule has 0 radical (unpaired) electrons. The van der Waals surface area contributed by atoms with Crippen LogP contribution in [0, 0.1) is 19.7 Å². The first kappa shape index (κ1) is 17.0. The fraction of sp³-hybridized carbons (Fsp3) is 0.278. The number of hydrogen-bond acceptors (Lipinski definition) is 3. The summed E-state index contributed by atoms with van der Waals surface area (Å²) in [5, 5.41) is 11.7. The van der Waals surface area contributed by atoms with Crippen molar-refractivity contribution in [3.05, 3.63) is 58.9 Å². The van der Waals surface area contributed by atoms with E-state index in [0.29, 0.717) is 28.9 Å². The zero-order valence-corrected chi connectivity index (χ0v) is 13.6. The van der Waals surface area contributed by atoms with Crippen molar-refractivity contribution in [2.24, 2.45) is 0 Å². The Labute approximate surface area is 135 Å². The third-order valence-electron chi connectivity index (χ3n) is 3.70. The van der Waals surface area contributed by atoms with Crippen molar-refractivity contribution >= 4 is 17.3 Å². The number of halogens is 1. The summed E-state index contributed by atoms with van der Waals surface area (Å²) < 4.78 is 13.6. The van der Waals surface area contributed by atoms with E-state index >= 15 is 0 Å². The minimum Gasteiger partial charge on any atom is -0.395 e. The number of likely N-dealkylation sites (N-methyl/N-ethyl adjacent to an activating group) is 1. The Kier molecular flexibility index (Phi) is 5.34. The molecule has 0 saturated heterocycles. The number of carbonyl (C=O) groups excluding carboxylic acids is 1. The van der Waals surface area contributed by atoms with E-state index in [0.717, 1.165) is 5.69 Å². The van der Waals surface area contributed by atoms with Gasteiger partial charge in [-0.05, 0) is 61.4 Å². The Morgan fingerprint density at radius 1 is 1.17 bits per heavy atom. The number of aliphatic hydroxyl groups excluding tert-OH is 1. The topological polar surface area (TPSA) is 52.6 Å². The van der Waals surface area contributed by atoms with Gasteiger partial charge in [0.2, 0.25) is 0 Å². The molecule has 0 fully saturated rings. The minimum atomic E-state index is -0.280. The van der Waals surface area contributed by atoms with Gasteiger partial charge in [-0.3, -0.25) is 4.79 Å². The predicted molar refractivity (Wildman–Crippen MR) is 90.6 cm³/mol. The molecular formula is C18H21FN2O2. The second-order valence-electron chi connectivity index (χ2n) is 5.57. The summed E-state index contributed by atoms with van der Waals surface area (Å²) in [6.07, 6.45) is 0. The molecule has 0 unspecified atom stereocenters. The van der Waals surface area contributed by atoms with E-state index in [9.17, 15) is 9.18 Å². The highest BCUT2D eigenvalue weighted by molar-refractivity contribution is 6.04. The number of amides is 1. The first-order valence-electron chi connectivity index (χ1n) is 7.42. The molecule has 122 valence electrons. The van der Waals surface area contributed by atoms with Crippen LogP contribution in [0.5, 0.6) is 0 Å². The molecule has 0 heterocycles. The summed E-state index contributed by atoms with van der Waals surface area (Å²) in [4.78, 5) is 14.2. The predicted octanol–water partition coefficient (Wildman–Crippen LogP) is 3.12. The lowest BCUT2D eigenvalue weighted by Gasteiger charge is -2.18. The van der Waals surface area contributed by atoms with Gasteiger partial charge in [-0.15, -0.1) is 0 Å². The number of carbonyl (C=O) groups is 1. The van der Waals surface area contributed by atoms with E-state index in [-0.39, 0.29) is 18.3 Å². The molecular weight excluding hydrogens is 295 g/mol. The van der Waals surface area contributed by atoms with Gasteiger partial charge in [0.1, 0.15) is 5.82 Å². The largest absolute Gasteiger partial charge is 0.395 e. The molecule has 0 aliphatic rings. The van der Waals surface area contributed by atoms with E-state index in [1.807, 2.05) is 24.1 Å². The van der Waals surface area contributed by atoms with Gasteiger partial charge >= 0.3 is 0 Å². The third kappa shape index (κ3) is 4.07. The van der Waals surface area contributed by atoms with Gasteiger partial charge in [0, 0.05) is 30.5 Å². The number of rotatable bonds is 5. The van der Waals surface area contributed by atoms with Crippen LogP contribution in [0.1, 0.15) is 21.5 Å². The molecule has 0 aromatic heterocycles. The first-order valence-corrected chi connectivity index (χ1v) is 7.42. The summed E-state index contributed by atoms with van der Waals surface area (Å²) in [5.41, 5.74) is 2.96. The van der Waals surface area contributed by atoms with Gasteiger partial charge in [-0.25, -0.2) is 4.39 Å². The van der Waals surface area contributed by atoms with Crippen LogP contribution < -0.4 is 10.2 Å². The summed E-state index contributed by atoms with van der Waals surface area (Å²) in [5.74, 6) is -0.550. The molecule has 5 heteroatoms. The molecule has 23 heavy (non-hydrogen) atoms. The van der Waals surface area contributed by atoms with E-state index in [4.69, 9.17) is 5.11 Å². The van der Waals surface area contributed by atoms with Crippen molar-refractivity contribution in [3.63, 3.8) is 0 Å². The van der Waals surface area contributed by atoms with Crippen molar-refractivity contribution in [2.75, 3.05) is 30.4 Å². The Morgan fingerprint density at radius 3 is 2.26 bits per heavy atom. The molecule has 0 aliphatic heterocycles. The monoisotopic (exact) mass is 316 g/mol. The van der Waals surface area contributed by atoms with Crippen molar-refractivity contribution in [3.8, 4) is 0 Å². The fourth-order valence-electron chi connectivity index (χ4n) is 2.36. The average Bonchev–Trinajstić information content (AvgIpc) is 2.53. The normalized spacial score (nSPS) is 10.5. The van der Waals surface area contributed by atoms with Gasteiger partial charge in [0.05, 0.1) is 6.61 Å². The number of nitrogens with zero attached hydrogens (tertiary/aromatic N) is 1. The van der Waals surface area contributed by atoms with Crippen LogP contribution in [0.25, 0.3) is 0 Å². The van der Waals surface area contributed by atoms with Crippen LogP contribution in [-0.4, -0.2) is 31.2 Å². The second kappa shape index (κ2) is 7.24. The van der Waals surface area contributed by atoms with Crippen molar-refractivity contribution in [1.82, 2.24) is 0 Å². The van der Waals surface area contributed by atoms with Crippen LogP contribution in [0.15, 0.2) is 36.4 Å². The Morgan fingerprint density at radius 2 is 1.74 bits per heavy atom. The minimum absolute atomic E-state index is 0.0816. The molecule has 1 amide bonds. The molecule has 0 aliphatic carbocycles. The zero-order valence-electron chi connectivity index (χ0n) is 13.6. The van der Waals surface area contributed by atoms with E-state index in [1.54, 1.807) is 38.1 Å². The van der Waals surface area contributed by atoms with E-state index in [1.165, 1.54) is 0 Å². The number of aliphatic hydroxyl groups is 1. The lowest BCUT2D eigenvalue weighted by atomic mass is 10.1. The highest BCUT2D eigenvalue weighted by Crippen LogP contribution is 2.19. The van der Waals surface area contributed by atoms with Crippen molar-refractivity contribution in [2.45, 2.75) is 13.8 Å². The summed E-state index contributed by atoms with van der Waals surface area (Å²) in [6, 6.07) is 10.4. The van der Waals surface area contributed by atoms with Gasteiger partial charge < -0.3 is 15.3 Å². The molecule has 0 bridgehead atoms. The molecule has 2 rings (SSSR count). The lowest BCUT2D eigenvalue weighted by molar-refractivity contribution is 0.102. The number of aryl methyl sites for hydroxylation is 2. The van der Waals surface area contributed by atoms with Crippen LogP contribution in [0.4, 0.5) is 15.8 Å². The lowest BCUT2D eigenvalue weighted by Crippen LogP contribution is -2.21. The Hall–Kier alpha value is -2.40. The maximum absolute atomic E-state index is 13.6. The standard InChI is InChI=1S/C18H21FN2O2/c1-12-10-14(11-13(2)17(12)19)18(23)20-15-4-6-16(7-5-15)21(3)8-9-22/h4-7,10-11,22H,8-9H2,1-3H3,(H,20,23). The fourth-order valence-corrected chi connectivity index (χ4v) is 2.36. The number of nitrogens with one attached hydrogen (secondary N) is 1. The molecule has 2 aromatic carbocycles. The number of benzene rings is 2. The summed E-state index contributed by atoms with van der Waals surface area (Å²) >= 11 is 0. The highest BCUT2D eigenvalue weighted by Gasteiger charge is 2.11. The van der Waals surface area contributed by atoms with E-state index < -0.39 is 0 Å². The zero-order chi connectivity index (χ0) is 17.0. The quantitative estimate of drug-likeness (QED) is 0.891. The summed E-state index contributed by atoms with van der Waals surface area (Å²) in [7, 11) is 1.88. The van der Waals surface area contributed by atoms with Crippen molar-refractivity contribution < 1.29 is 14.3 Å². The van der Waals surface area contributed by atoms with Crippen LogP contribution in [0.2, 0.25) is 0 Å². The smallest absolute Gasteiger partial charge is 0.255 e. The molecule has 2 aromatic rings. The van der Waals surface area contributed by atoms with Gasteiger partial charge in [0.25, 0.3) is 5.91 Å².